The predicted molar refractivity (Wildman–Crippen MR) is 93.5 cm³/mol. The quantitative estimate of drug-likeness (QED) is 0.422. The lowest BCUT2D eigenvalue weighted by molar-refractivity contribution is -0.159. The Balaban J connectivity index is 3.31. The Morgan fingerprint density at radius 1 is 1.20 bits per heavy atom. The first kappa shape index (κ1) is 21.3. The first-order chi connectivity index (χ1) is 11.3. The van der Waals surface area contributed by atoms with Crippen LogP contribution in [0.2, 0.25) is 5.02 Å². The SMILES string of the molecule is CCC(=O)C(C(=O)OC(C)(C)C)C(=O)c1ccc(S(C)(=O)=O)cc1Cl. The molecule has 1 aromatic carbocycles. The molecule has 0 aliphatic heterocycles. The van der Waals surface area contributed by atoms with Gasteiger partial charge in [-0.05, 0) is 39.0 Å². The monoisotopic (exact) mass is 388 g/mol. The van der Waals surface area contributed by atoms with Gasteiger partial charge in [-0.1, -0.05) is 18.5 Å². The fourth-order valence-electron chi connectivity index (χ4n) is 2.03. The third kappa shape index (κ3) is 5.64. The average Bonchev–Trinajstić information content (AvgIpc) is 2.43. The van der Waals surface area contributed by atoms with Crippen LogP contribution >= 0.6 is 11.6 Å². The zero-order valence-electron chi connectivity index (χ0n) is 14.8. The smallest absolute Gasteiger partial charge is 0.325 e. The zero-order chi connectivity index (χ0) is 19.6. The number of carbonyl (C=O) groups excluding carboxylic acids is 3. The Hall–Kier alpha value is -1.73. The van der Waals surface area contributed by atoms with Crippen molar-refractivity contribution in [1.82, 2.24) is 0 Å². The Kier molecular flexibility index (Phi) is 6.53. The molecule has 25 heavy (non-hydrogen) atoms. The number of Topliss-reactive ketones (excluding diaryl/α,β-unsaturated/α-hetero) is 2. The second kappa shape index (κ2) is 7.66. The standard InChI is InChI=1S/C17H21ClO6S/c1-6-13(19)14(16(21)24-17(2,3)4)15(20)11-8-7-10(9-12(11)18)25(5,22)23/h7-9,14H,6H2,1-5H3. The number of ether oxygens (including phenoxy) is 1. The molecule has 1 atom stereocenters. The van der Waals surface area contributed by atoms with Crippen molar-refractivity contribution in [2.45, 2.75) is 44.6 Å². The van der Waals surface area contributed by atoms with Crippen molar-refractivity contribution in [3.63, 3.8) is 0 Å². The van der Waals surface area contributed by atoms with Crippen LogP contribution in [0.5, 0.6) is 0 Å². The molecule has 1 rings (SSSR count). The Bertz CT molecular complexity index is 805. The van der Waals surface area contributed by atoms with Gasteiger partial charge < -0.3 is 4.74 Å². The molecule has 0 N–H and O–H groups in total. The summed E-state index contributed by atoms with van der Waals surface area (Å²) in [6, 6.07) is 3.52. The number of rotatable bonds is 6. The van der Waals surface area contributed by atoms with Crippen LogP contribution in [0.25, 0.3) is 0 Å². The third-order valence-electron chi connectivity index (χ3n) is 3.21. The number of hydrogen-bond acceptors (Lipinski definition) is 6. The first-order valence-corrected chi connectivity index (χ1v) is 9.84. The molecule has 0 saturated carbocycles. The summed E-state index contributed by atoms with van der Waals surface area (Å²) in [5, 5.41) is -0.148. The molecule has 1 unspecified atom stereocenters. The fraction of sp³-hybridized carbons (Fsp3) is 0.471. The van der Waals surface area contributed by atoms with E-state index in [9.17, 15) is 22.8 Å². The van der Waals surface area contributed by atoms with Crippen molar-refractivity contribution >= 4 is 39.0 Å². The topological polar surface area (TPSA) is 94.6 Å². The molecule has 0 aromatic heterocycles. The molecule has 0 bridgehead atoms. The molecule has 0 saturated heterocycles. The largest absolute Gasteiger partial charge is 0.459 e. The Morgan fingerprint density at radius 2 is 1.76 bits per heavy atom. The van der Waals surface area contributed by atoms with Crippen LogP contribution in [-0.2, 0) is 24.2 Å². The van der Waals surface area contributed by atoms with E-state index in [1.807, 2.05) is 0 Å². The van der Waals surface area contributed by atoms with E-state index in [0.29, 0.717) is 0 Å². The zero-order valence-corrected chi connectivity index (χ0v) is 16.3. The van der Waals surface area contributed by atoms with Crippen LogP contribution in [0.15, 0.2) is 23.1 Å². The van der Waals surface area contributed by atoms with Crippen molar-refractivity contribution in [3.8, 4) is 0 Å². The average molecular weight is 389 g/mol. The van der Waals surface area contributed by atoms with Crippen LogP contribution in [0.4, 0.5) is 0 Å². The molecule has 0 aliphatic rings. The van der Waals surface area contributed by atoms with E-state index in [-0.39, 0.29) is 21.9 Å². The van der Waals surface area contributed by atoms with Crippen LogP contribution < -0.4 is 0 Å². The normalized spacial score (nSPS) is 13.2. The molecule has 1 aromatic rings. The number of benzene rings is 1. The highest BCUT2D eigenvalue weighted by atomic mass is 35.5. The predicted octanol–water partition coefficient (Wildman–Crippen LogP) is 2.86. The molecule has 6 nitrogen and oxygen atoms in total. The maximum atomic E-state index is 12.7. The van der Waals surface area contributed by atoms with E-state index in [1.165, 1.54) is 19.1 Å². The highest BCUT2D eigenvalue weighted by Crippen LogP contribution is 2.25. The van der Waals surface area contributed by atoms with Crippen molar-refractivity contribution in [1.29, 1.82) is 0 Å². The maximum Gasteiger partial charge on any atom is 0.325 e. The van der Waals surface area contributed by atoms with E-state index in [2.05, 4.69) is 0 Å². The number of sulfone groups is 1. The summed E-state index contributed by atoms with van der Waals surface area (Å²) < 4.78 is 28.3. The van der Waals surface area contributed by atoms with Gasteiger partial charge in [-0.2, -0.15) is 0 Å². The van der Waals surface area contributed by atoms with E-state index < -0.39 is 38.9 Å². The van der Waals surface area contributed by atoms with Gasteiger partial charge in [-0.15, -0.1) is 0 Å². The van der Waals surface area contributed by atoms with Crippen molar-refractivity contribution in [2.75, 3.05) is 6.26 Å². The van der Waals surface area contributed by atoms with Crippen LogP contribution in [0.3, 0.4) is 0 Å². The summed E-state index contributed by atoms with van der Waals surface area (Å²) in [4.78, 5) is 37.1. The van der Waals surface area contributed by atoms with Crippen LogP contribution in [-0.4, -0.2) is 37.8 Å². The lowest BCUT2D eigenvalue weighted by Crippen LogP contribution is -2.37. The number of hydrogen-bond donors (Lipinski definition) is 0. The Morgan fingerprint density at radius 3 is 2.16 bits per heavy atom. The Labute approximate surface area is 152 Å². The van der Waals surface area contributed by atoms with Crippen molar-refractivity contribution < 1.29 is 27.5 Å². The fourth-order valence-corrected chi connectivity index (χ4v) is 3.02. The number of ketones is 2. The molecular formula is C17H21ClO6S. The molecule has 0 spiro atoms. The molecule has 0 heterocycles. The minimum atomic E-state index is -3.50. The van der Waals surface area contributed by atoms with Gasteiger partial charge in [0.25, 0.3) is 0 Å². The summed E-state index contributed by atoms with van der Waals surface area (Å²) >= 11 is 6.01. The second-order valence-electron chi connectivity index (χ2n) is 6.56. The summed E-state index contributed by atoms with van der Waals surface area (Å²) in [6.07, 6.45) is 0.971. The molecule has 0 radical (unpaired) electrons. The molecule has 0 amide bonds. The van der Waals surface area contributed by atoms with Crippen LogP contribution in [0.1, 0.15) is 44.5 Å². The number of esters is 1. The van der Waals surface area contributed by atoms with Gasteiger partial charge in [0.05, 0.1) is 9.92 Å². The summed E-state index contributed by atoms with van der Waals surface area (Å²) in [7, 11) is -3.50. The molecule has 0 aliphatic carbocycles. The van der Waals surface area contributed by atoms with Crippen LogP contribution in [0, 0.1) is 5.92 Å². The lowest BCUT2D eigenvalue weighted by atomic mass is 9.92. The van der Waals surface area contributed by atoms with Crippen molar-refractivity contribution in [3.05, 3.63) is 28.8 Å². The van der Waals surface area contributed by atoms with E-state index in [0.717, 1.165) is 12.3 Å². The number of halogens is 1. The molecule has 8 heteroatoms. The lowest BCUT2D eigenvalue weighted by Gasteiger charge is -2.23. The van der Waals surface area contributed by atoms with Gasteiger partial charge in [0.1, 0.15) is 5.60 Å². The highest BCUT2D eigenvalue weighted by Gasteiger charge is 2.37. The first-order valence-electron chi connectivity index (χ1n) is 7.57. The van der Waals surface area contributed by atoms with Gasteiger partial charge in [0, 0.05) is 18.2 Å². The summed E-state index contributed by atoms with van der Waals surface area (Å²) in [5.41, 5.74) is -0.972. The van der Waals surface area contributed by atoms with Crippen molar-refractivity contribution in [2.24, 2.45) is 5.92 Å². The van der Waals surface area contributed by atoms with Gasteiger partial charge in [-0.3, -0.25) is 14.4 Å². The van der Waals surface area contributed by atoms with Gasteiger partial charge in [0.2, 0.25) is 0 Å². The third-order valence-corrected chi connectivity index (χ3v) is 4.63. The molecule has 138 valence electrons. The molecular weight excluding hydrogens is 368 g/mol. The maximum absolute atomic E-state index is 12.7. The summed E-state index contributed by atoms with van der Waals surface area (Å²) in [6.45, 7) is 6.39. The second-order valence-corrected chi connectivity index (χ2v) is 8.99. The van der Waals surface area contributed by atoms with E-state index in [1.54, 1.807) is 20.8 Å². The van der Waals surface area contributed by atoms with Gasteiger partial charge in [-0.25, -0.2) is 8.42 Å². The van der Waals surface area contributed by atoms with E-state index >= 15 is 0 Å². The highest BCUT2D eigenvalue weighted by molar-refractivity contribution is 7.90. The number of carbonyl (C=O) groups is 3. The van der Waals surface area contributed by atoms with Gasteiger partial charge in [0.15, 0.2) is 27.3 Å². The minimum Gasteiger partial charge on any atom is -0.459 e. The van der Waals surface area contributed by atoms with Gasteiger partial charge >= 0.3 is 5.97 Å². The van der Waals surface area contributed by atoms with E-state index in [4.69, 9.17) is 16.3 Å². The summed E-state index contributed by atoms with van der Waals surface area (Å²) in [5.74, 6) is -3.99. The molecule has 0 fully saturated rings. The minimum absolute atomic E-state index is 0.0330.